The Bertz CT molecular complexity index is 613. The minimum atomic E-state index is -3.04. The van der Waals surface area contributed by atoms with E-state index < -0.39 is 15.1 Å². The molecule has 110 valence electrons. The van der Waals surface area contributed by atoms with E-state index in [0.29, 0.717) is 24.1 Å². The highest BCUT2D eigenvalue weighted by atomic mass is 32.2. The first kappa shape index (κ1) is 14.8. The molecule has 1 amide bonds. The molecule has 0 spiro atoms. The second kappa shape index (κ2) is 5.80. The molecule has 1 saturated heterocycles. The fourth-order valence-corrected chi connectivity index (χ4v) is 4.13. The molecular formula is C13H19N3O3S. The van der Waals surface area contributed by atoms with Gasteiger partial charge in [0.25, 0.3) is 5.91 Å². The molecular weight excluding hydrogens is 278 g/mol. The first-order valence-corrected chi connectivity index (χ1v) is 8.22. The summed E-state index contributed by atoms with van der Waals surface area (Å²) in [4.78, 5) is 12.1. The van der Waals surface area contributed by atoms with Gasteiger partial charge in [0.15, 0.2) is 9.84 Å². The SMILES string of the molecule is Cc1ccc(C(=O)NCC2CCCS2(=O)=O)c(NN)c1. The van der Waals surface area contributed by atoms with Gasteiger partial charge in [-0.1, -0.05) is 6.07 Å². The zero-order valence-corrected chi connectivity index (χ0v) is 12.2. The minimum absolute atomic E-state index is 0.152. The van der Waals surface area contributed by atoms with Crippen molar-refractivity contribution in [3.8, 4) is 0 Å². The lowest BCUT2D eigenvalue weighted by Gasteiger charge is -2.13. The van der Waals surface area contributed by atoms with E-state index >= 15 is 0 Å². The summed E-state index contributed by atoms with van der Waals surface area (Å²) in [5.41, 5.74) is 4.40. The highest BCUT2D eigenvalue weighted by molar-refractivity contribution is 7.92. The molecule has 1 aromatic carbocycles. The molecule has 20 heavy (non-hydrogen) atoms. The van der Waals surface area contributed by atoms with Crippen molar-refractivity contribution in [3.05, 3.63) is 29.3 Å². The smallest absolute Gasteiger partial charge is 0.253 e. The zero-order chi connectivity index (χ0) is 14.8. The zero-order valence-electron chi connectivity index (χ0n) is 11.3. The molecule has 2 rings (SSSR count). The lowest BCUT2D eigenvalue weighted by Crippen LogP contribution is -2.35. The molecule has 6 nitrogen and oxygen atoms in total. The van der Waals surface area contributed by atoms with Gasteiger partial charge in [0.2, 0.25) is 0 Å². The van der Waals surface area contributed by atoms with Gasteiger partial charge in [-0.25, -0.2) is 8.42 Å². The molecule has 0 saturated carbocycles. The number of aryl methyl sites for hydroxylation is 1. The fraction of sp³-hybridized carbons (Fsp3) is 0.462. The molecule has 0 bridgehead atoms. The Hall–Kier alpha value is -1.60. The Morgan fingerprint density at radius 1 is 1.45 bits per heavy atom. The Labute approximate surface area is 118 Å². The molecule has 0 aromatic heterocycles. The Balaban J connectivity index is 2.06. The average Bonchev–Trinajstić information content (AvgIpc) is 2.74. The molecule has 1 fully saturated rings. The van der Waals surface area contributed by atoms with Gasteiger partial charge in [0.1, 0.15) is 0 Å². The molecule has 0 radical (unpaired) electrons. The molecule has 1 heterocycles. The van der Waals surface area contributed by atoms with Crippen LogP contribution in [0.4, 0.5) is 5.69 Å². The third-order valence-corrected chi connectivity index (χ3v) is 5.80. The molecule has 1 atom stereocenters. The number of nitrogen functional groups attached to an aromatic ring is 1. The van der Waals surface area contributed by atoms with E-state index in [4.69, 9.17) is 5.84 Å². The molecule has 1 aromatic rings. The largest absolute Gasteiger partial charge is 0.351 e. The minimum Gasteiger partial charge on any atom is -0.351 e. The van der Waals surface area contributed by atoms with Crippen molar-refractivity contribution in [1.29, 1.82) is 0 Å². The summed E-state index contributed by atoms with van der Waals surface area (Å²) >= 11 is 0. The fourth-order valence-electron chi connectivity index (χ4n) is 2.36. The number of benzene rings is 1. The summed E-state index contributed by atoms with van der Waals surface area (Å²) in [6.07, 6.45) is 1.28. The number of nitrogens with two attached hydrogens (primary N) is 1. The van der Waals surface area contributed by atoms with E-state index in [0.717, 1.165) is 5.56 Å². The normalized spacial score (nSPS) is 20.6. The summed E-state index contributed by atoms with van der Waals surface area (Å²) in [6, 6.07) is 5.24. The highest BCUT2D eigenvalue weighted by Crippen LogP contribution is 2.20. The number of hydrogen-bond donors (Lipinski definition) is 3. The number of hydrazine groups is 1. The van der Waals surface area contributed by atoms with Gasteiger partial charge in [0, 0.05) is 6.54 Å². The molecule has 0 aliphatic carbocycles. The first-order valence-electron chi connectivity index (χ1n) is 6.51. The number of nitrogens with one attached hydrogen (secondary N) is 2. The van der Waals surface area contributed by atoms with Crippen LogP contribution in [0.3, 0.4) is 0 Å². The summed E-state index contributed by atoms with van der Waals surface area (Å²) in [5.74, 6) is 5.29. The Kier molecular flexibility index (Phi) is 4.29. The van der Waals surface area contributed by atoms with Gasteiger partial charge in [-0.15, -0.1) is 0 Å². The first-order chi connectivity index (χ1) is 9.44. The standard InChI is InChI=1S/C13H19N3O3S/c1-9-4-5-11(12(7-9)16-14)13(17)15-8-10-3-2-6-20(10,18)19/h4-5,7,10,16H,2-3,6,8,14H2,1H3,(H,15,17). The third kappa shape index (κ3) is 3.10. The maximum atomic E-state index is 12.1. The quantitative estimate of drug-likeness (QED) is 0.557. The van der Waals surface area contributed by atoms with Crippen LogP contribution in [0.5, 0.6) is 0 Å². The van der Waals surface area contributed by atoms with E-state index in [9.17, 15) is 13.2 Å². The van der Waals surface area contributed by atoms with Crippen LogP contribution in [0.25, 0.3) is 0 Å². The van der Waals surface area contributed by atoms with Gasteiger partial charge in [-0.05, 0) is 37.5 Å². The summed E-state index contributed by atoms with van der Waals surface area (Å²) in [7, 11) is -3.04. The van der Waals surface area contributed by atoms with Crippen LogP contribution in [0, 0.1) is 6.92 Å². The van der Waals surface area contributed by atoms with Crippen molar-refractivity contribution in [2.45, 2.75) is 25.0 Å². The maximum absolute atomic E-state index is 12.1. The van der Waals surface area contributed by atoms with E-state index in [-0.39, 0.29) is 18.2 Å². The van der Waals surface area contributed by atoms with Crippen molar-refractivity contribution < 1.29 is 13.2 Å². The van der Waals surface area contributed by atoms with E-state index in [1.54, 1.807) is 12.1 Å². The third-order valence-electron chi connectivity index (χ3n) is 3.53. The lowest BCUT2D eigenvalue weighted by atomic mass is 10.1. The van der Waals surface area contributed by atoms with Crippen molar-refractivity contribution >= 4 is 21.4 Å². The predicted octanol–water partition coefficient (Wildman–Crippen LogP) is 0.588. The van der Waals surface area contributed by atoms with Gasteiger partial charge >= 0.3 is 0 Å². The van der Waals surface area contributed by atoms with Crippen LogP contribution in [-0.2, 0) is 9.84 Å². The topological polar surface area (TPSA) is 101 Å². The van der Waals surface area contributed by atoms with Gasteiger partial charge in [-0.2, -0.15) is 0 Å². The predicted molar refractivity (Wildman–Crippen MR) is 78.1 cm³/mol. The van der Waals surface area contributed by atoms with Gasteiger partial charge < -0.3 is 10.7 Å². The van der Waals surface area contributed by atoms with Gasteiger partial charge in [0.05, 0.1) is 22.3 Å². The monoisotopic (exact) mass is 297 g/mol. The Morgan fingerprint density at radius 2 is 2.20 bits per heavy atom. The second-order valence-electron chi connectivity index (χ2n) is 5.03. The highest BCUT2D eigenvalue weighted by Gasteiger charge is 2.31. The second-order valence-corrected chi connectivity index (χ2v) is 7.44. The van der Waals surface area contributed by atoms with Crippen molar-refractivity contribution in [2.24, 2.45) is 5.84 Å². The van der Waals surface area contributed by atoms with E-state index in [1.165, 1.54) is 0 Å². The number of carbonyl (C=O) groups is 1. The van der Waals surface area contributed by atoms with Crippen LogP contribution >= 0.6 is 0 Å². The molecule has 7 heteroatoms. The van der Waals surface area contributed by atoms with E-state index in [2.05, 4.69) is 10.7 Å². The van der Waals surface area contributed by atoms with Crippen LogP contribution in [0.2, 0.25) is 0 Å². The lowest BCUT2D eigenvalue weighted by molar-refractivity contribution is 0.0954. The molecule has 1 unspecified atom stereocenters. The Morgan fingerprint density at radius 3 is 2.80 bits per heavy atom. The number of sulfone groups is 1. The molecule has 1 aliphatic heterocycles. The summed E-state index contributed by atoms with van der Waals surface area (Å²) < 4.78 is 23.4. The number of amides is 1. The van der Waals surface area contributed by atoms with Crippen LogP contribution < -0.4 is 16.6 Å². The van der Waals surface area contributed by atoms with Crippen LogP contribution in [-0.4, -0.2) is 31.9 Å². The van der Waals surface area contributed by atoms with Crippen LogP contribution in [0.15, 0.2) is 18.2 Å². The molecule has 4 N–H and O–H groups in total. The van der Waals surface area contributed by atoms with Crippen LogP contribution in [0.1, 0.15) is 28.8 Å². The van der Waals surface area contributed by atoms with Gasteiger partial charge in [-0.3, -0.25) is 10.6 Å². The van der Waals surface area contributed by atoms with Crippen molar-refractivity contribution in [2.75, 3.05) is 17.7 Å². The number of carbonyl (C=O) groups excluding carboxylic acids is 1. The summed E-state index contributed by atoms with van der Waals surface area (Å²) in [6.45, 7) is 2.05. The number of hydrogen-bond acceptors (Lipinski definition) is 5. The van der Waals surface area contributed by atoms with E-state index in [1.807, 2.05) is 13.0 Å². The maximum Gasteiger partial charge on any atom is 0.253 e. The average molecular weight is 297 g/mol. The van der Waals surface area contributed by atoms with Crippen molar-refractivity contribution in [1.82, 2.24) is 5.32 Å². The molecule has 1 aliphatic rings. The number of rotatable bonds is 4. The summed E-state index contributed by atoms with van der Waals surface area (Å²) in [5, 5.41) is 2.21. The number of anilines is 1. The van der Waals surface area contributed by atoms with Crippen molar-refractivity contribution in [3.63, 3.8) is 0 Å².